The van der Waals surface area contributed by atoms with Crippen LogP contribution in [0.25, 0.3) is 6.08 Å². The summed E-state index contributed by atoms with van der Waals surface area (Å²) in [7, 11) is -2.90. The summed E-state index contributed by atoms with van der Waals surface area (Å²) in [6.45, 7) is 1.37. The number of imide groups is 1. The first-order valence-electron chi connectivity index (χ1n) is 11.1. The number of carbonyl (C=O) groups is 3. The van der Waals surface area contributed by atoms with Gasteiger partial charge in [0.15, 0.2) is 11.5 Å². The molecule has 1 heterocycles. The number of rotatable bonds is 8. The molecule has 1 aliphatic rings. The molecule has 38 heavy (non-hydrogen) atoms. The van der Waals surface area contributed by atoms with Gasteiger partial charge in [0.1, 0.15) is 4.90 Å². The SMILES string of the molecule is COc1ccc(/C=C2\SC(=O)N(Cc3ccccc3Cl)C2=O)cc1OS(=O)(=O)c1ccc(NC(C)=O)cc1. The number of nitrogens with one attached hydrogen (secondary N) is 1. The van der Waals surface area contributed by atoms with Gasteiger partial charge in [0.05, 0.1) is 18.6 Å². The number of hydrogen-bond donors (Lipinski definition) is 1. The van der Waals surface area contributed by atoms with Gasteiger partial charge >= 0.3 is 10.1 Å². The highest BCUT2D eigenvalue weighted by Crippen LogP contribution is 2.36. The first-order chi connectivity index (χ1) is 18.1. The van der Waals surface area contributed by atoms with Gasteiger partial charge in [-0.05, 0) is 71.4 Å². The first-order valence-corrected chi connectivity index (χ1v) is 13.7. The molecule has 1 saturated heterocycles. The van der Waals surface area contributed by atoms with Crippen LogP contribution in [0.5, 0.6) is 11.5 Å². The highest BCUT2D eigenvalue weighted by molar-refractivity contribution is 8.18. The number of thioether (sulfide) groups is 1. The number of amides is 3. The summed E-state index contributed by atoms with van der Waals surface area (Å²) in [5, 5.41) is 2.55. The predicted octanol–water partition coefficient (Wildman–Crippen LogP) is 5.31. The molecule has 4 rings (SSSR count). The van der Waals surface area contributed by atoms with Gasteiger partial charge in [0.25, 0.3) is 11.1 Å². The molecule has 0 aromatic heterocycles. The van der Waals surface area contributed by atoms with Crippen molar-refractivity contribution < 1.29 is 31.7 Å². The minimum Gasteiger partial charge on any atom is -0.493 e. The van der Waals surface area contributed by atoms with Crippen LogP contribution in [0.15, 0.2) is 76.5 Å². The van der Waals surface area contributed by atoms with Crippen LogP contribution >= 0.6 is 23.4 Å². The molecule has 12 heteroatoms. The molecule has 0 saturated carbocycles. The molecule has 0 aliphatic carbocycles. The van der Waals surface area contributed by atoms with Crippen molar-refractivity contribution in [1.29, 1.82) is 0 Å². The maximum atomic E-state index is 12.9. The van der Waals surface area contributed by atoms with Crippen molar-refractivity contribution in [2.75, 3.05) is 12.4 Å². The molecule has 1 aliphatic heterocycles. The Kier molecular flexibility index (Phi) is 8.10. The maximum Gasteiger partial charge on any atom is 0.339 e. The Morgan fingerprint density at radius 1 is 1.05 bits per heavy atom. The van der Waals surface area contributed by atoms with Crippen LogP contribution in [-0.4, -0.2) is 37.5 Å². The number of carbonyl (C=O) groups excluding carboxylic acids is 3. The van der Waals surface area contributed by atoms with Crippen molar-refractivity contribution >= 4 is 62.3 Å². The van der Waals surface area contributed by atoms with Crippen molar-refractivity contribution in [2.24, 2.45) is 0 Å². The lowest BCUT2D eigenvalue weighted by Gasteiger charge is -2.13. The third-order valence-electron chi connectivity index (χ3n) is 5.31. The first kappa shape index (κ1) is 27.2. The Balaban J connectivity index is 1.57. The summed E-state index contributed by atoms with van der Waals surface area (Å²) in [5.41, 5.74) is 1.48. The summed E-state index contributed by atoms with van der Waals surface area (Å²) in [5.74, 6) is -0.750. The maximum absolute atomic E-state index is 12.9. The fourth-order valence-corrected chi connectivity index (χ4v) is 5.47. The highest BCUT2D eigenvalue weighted by Gasteiger charge is 2.35. The molecule has 9 nitrogen and oxygen atoms in total. The number of halogens is 1. The second kappa shape index (κ2) is 11.3. The third kappa shape index (κ3) is 6.18. The van der Waals surface area contributed by atoms with E-state index in [0.29, 0.717) is 21.8 Å². The van der Waals surface area contributed by atoms with E-state index in [1.807, 2.05) is 0 Å². The Morgan fingerprint density at radius 2 is 1.76 bits per heavy atom. The van der Waals surface area contributed by atoms with Crippen LogP contribution in [-0.2, 0) is 26.3 Å². The Labute approximate surface area is 228 Å². The Hall–Kier alpha value is -3.80. The lowest BCUT2D eigenvalue weighted by Crippen LogP contribution is -2.27. The largest absolute Gasteiger partial charge is 0.493 e. The van der Waals surface area contributed by atoms with E-state index in [4.69, 9.17) is 20.5 Å². The molecule has 196 valence electrons. The number of hydrogen-bond acceptors (Lipinski definition) is 8. The third-order valence-corrected chi connectivity index (χ3v) is 7.83. The monoisotopic (exact) mass is 572 g/mol. The zero-order chi connectivity index (χ0) is 27.4. The van der Waals surface area contributed by atoms with Crippen molar-refractivity contribution in [2.45, 2.75) is 18.4 Å². The summed E-state index contributed by atoms with van der Waals surface area (Å²) >= 11 is 6.94. The average molecular weight is 573 g/mol. The molecular formula is C26H21ClN2O7S2. The van der Waals surface area contributed by atoms with Gasteiger partial charge in [0.2, 0.25) is 5.91 Å². The molecule has 0 atom stereocenters. The Bertz CT molecular complexity index is 1550. The minimum absolute atomic E-state index is 0.0254. The van der Waals surface area contributed by atoms with Crippen molar-refractivity contribution in [3.05, 3.63) is 87.8 Å². The average Bonchev–Trinajstić information content (AvgIpc) is 3.12. The zero-order valence-electron chi connectivity index (χ0n) is 20.1. The van der Waals surface area contributed by atoms with E-state index in [2.05, 4.69) is 5.32 Å². The molecule has 1 fully saturated rings. The van der Waals surface area contributed by atoms with E-state index in [9.17, 15) is 22.8 Å². The quantitative estimate of drug-likeness (QED) is 0.285. The van der Waals surface area contributed by atoms with Crippen molar-refractivity contribution in [1.82, 2.24) is 4.90 Å². The fraction of sp³-hybridized carbons (Fsp3) is 0.115. The minimum atomic E-state index is -4.26. The molecular weight excluding hydrogens is 552 g/mol. The van der Waals surface area contributed by atoms with Gasteiger partial charge in [-0.1, -0.05) is 35.9 Å². The molecule has 0 radical (unpaired) electrons. The van der Waals surface area contributed by atoms with Gasteiger partial charge < -0.3 is 14.2 Å². The standard InChI is InChI=1S/C26H21ClN2O7S2/c1-16(30)28-19-8-10-20(11-9-19)38(33,34)36-23-13-17(7-12-22(23)35-2)14-24-25(31)29(26(32)37-24)15-18-5-3-4-6-21(18)27/h3-14H,15H2,1-2H3,(H,28,30)/b24-14-. The second-order valence-electron chi connectivity index (χ2n) is 8.01. The van der Waals surface area contributed by atoms with Gasteiger partial charge in [-0.25, -0.2) is 0 Å². The number of ether oxygens (including phenoxy) is 1. The molecule has 3 aromatic rings. The molecule has 0 spiro atoms. The predicted molar refractivity (Wildman–Crippen MR) is 145 cm³/mol. The smallest absolute Gasteiger partial charge is 0.339 e. The van der Waals surface area contributed by atoms with Gasteiger partial charge in [-0.15, -0.1) is 0 Å². The van der Waals surface area contributed by atoms with Crippen LogP contribution in [0.3, 0.4) is 0 Å². The van der Waals surface area contributed by atoms with Crippen LogP contribution in [0.2, 0.25) is 5.02 Å². The molecule has 1 N–H and O–H groups in total. The molecule has 0 bridgehead atoms. The Morgan fingerprint density at radius 3 is 2.42 bits per heavy atom. The summed E-state index contributed by atoms with van der Waals surface area (Å²) < 4.78 is 36.4. The number of benzene rings is 3. The molecule has 0 unspecified atom stereocenters. The second-order valence-corrected chi connectivity index (χ2v) is 11.0. The summed E-state index contributed by atoms with van der Waals surface area (Å²) in [6.07, 6.45) is 1.47. The number of methoxy groups -OCH3 is 1. The van der Waals surface area contributed by atoms with Gasteiger partial charge in [-0.2, -0.15) is 8.42 Å². The fourth-order valence-electron chi connectivity index (χ4n) is 3.51. The lowest BCUT2D eigenvalue weighted by molar-refractivity contribution is -0.123. The number of nitrogens with zero attached hydrogens (tertiary/aromatic N) is 1. The van der Waals surface area contributed by atoms with Crippen molar-refractivity contribution in [3.8, 4) is 11.5 Å². The van der Waals surface area contributed by atoms with E-state index in [1.54, 1.807) is 30.3 Å². The topological polar surface area (TPSA) is 119 Å². The van der Waals surface area contributed by atoms with Crippen LogP contribution in [0.1, 0.15) is 18.1 Å². The van der Waals surface area contributed by atoms with E-state index in [-0.39, 0.29) is 33.8 Å². The van der Waals surface area contributed by atoms with Crippen LogP contribution in [0, 0.1) is 0 Å². The van der Waals surface area contributed by atoms with Crippen molar-refractivity contribution in [3.63, 3.8) is 0 Å². The van der Waals surface area contributed by atoms with Gasteiger partial charge in [0, 0.05) is 17.6 Å². The van der Waals surface area contributed by atoms with Gasteiger partial charge in [-0.3, -0.25) is 19.3 Å². The van der Waals surface area contributed by atoms with E-state index >= 15 is 0 Å². The summed E-state index contributed by atoms with van der Waals surface area (Å²) in [6, 6.07) is 16.9. The molecule has 3 aromatic carbocycles. The molecule has 3 amide bonds. The zero-order valence-corrected chi connectivity index (χ0v) is 22.5. The highest BCUT2D eigenvalue weighted by atomic mass is 35.5. The van der Waals surface area contributed by atoms with Crippen LogP contribution < -0.4 is 14.2 Å². The van der Waals surface area contributed by atoms with E-state index in [0.717, 1.165) is 16.7 Å². The normalized spacial score (nSPS) is 14.6. The van der Waals surface area contributed by atoms with E-state index in [1.165, 1.54) is 56.5 Å². The lowest BCUT2D eigenvalue weighted by atomic mass is 10.1. The van der Waals surface area contributed by atoms with Crippen LogP contribution in [0.4, 0.5) is 10.5 Å². The number of anilines is 1. The van der Waals surface area contributed by atoms with E-state index < -0.39 is 21.3 Å². The summed E-state index contributed by atoms with van der Waals surface area (Å²) in [4.78, 5) is 37.8.